The van der Waals surface area contributed by atoms with Crippen molar-refractivity contribution in [3.05, 3.63) is 0 Å². The summed E-state index contributed by atoms with van der Waals surface area (Å²) in [5.74, 6) is 6.51. The highest BCUT2D eigenvalue weighted by atomic mass is 16.5. The molecule has 0 radical (unpaired) electrons. The van der Waals surface area contributed by atoms with Crippen LogP contribution < -0.4 is 0 Å². The zero-order valence-electron chi connectivity index (χ0n) is 7.81. The lowest BCUT2D eigenvalue weighted by Crippen LogP contribution is -2.02. The van der Waals surface area contributed by atoms with Gasteiger partial charge >= 0.3 is 0 Å². The molecular formula is C10H18O. The van der Waals surface area contributed by atoms with Crippen molar-refractivity contribution in [2.24, 2.45) is 5.92 Å². The molecule has 0 aliphatic carbocycles. The van der Waals surface area contributed by atoms with Gasteiger partial charge in [0.1, 0.15) is 0 Å². The van der Waals surface area contributed by atoms with Crippen molar-refractivity contribution in [2.75, 3.05) is 13.2 Å². The van der Waals surface area contributed by atoms with Crippen LogP contribution in [-0.4, -0.2) is 13.2 Å². The van der Waals surface area contributed by atoms with Crippen molar-refractivity contribution in [2.45, 2.75) is 33.6 Å². The van der Waals surface area contributed by atoms with Gasteiger partial charge in [0, 0.05) is 19.6 Å². The first-order valence-corrected chi connectivity index (χ1v) is 4.24. The van der Waals surface area contributed by atoms with Crippen LogP contribution in [0, 0.1) is 17.8 Å². The molecule has 0 amide bonds. The van der Waals surface area contributed by atoms with Crippen LogP contribution in [0.15, 0.2) is 0 Å². The van der Waals surface area contributed by atoms with E-state index in [1.807, 2.05) is 6.92 Å². The Balaban J connectivity index is 2.95. The van der Waals surface area contributed by atoms with E-state index in [0.29, 0.717) is 5.92 Å². The fraction of sp³-hybridized carbons (Fsp3) is 0.800. The van der Waals surface area contributed by atoms with E-state index in [2.05, 4.69) is 25.7 Å². The number of hydrogen-bond donors (Lipinski definition) is 0. The topological polar surface area (TPSA) is 9.23 Å². The minimum atomic E-state index is 0.646. The molecular weight excluding hydrogens is 136 g/mol. The second-order valence-corrected chi connectivity index (χ2v) is 3.00. The SMILES string of the molecule is CC#CCCCOCC(C)C. The van der Waals surface area contributed by atoms with Crippen LogP contribution in [0.25, 0.3) is 0 Å². The highest BCUT2D eigenvalue weighted by Gasteiger charge is 1.91. The highest BCUT2D eigenvalue weighted by Crippen LogP contribution is 1.94. The largest absolute Gasteiger partial charge is 0.381 e. The molecule has 0 rings (SSSR count). The van der Waals surface area contributed by atoms with Gasteiger partial charge < -0.3 is 4.74 Å². The molecule has 0 aliphatic rings. The third-order valence-electron chi connectivity index (χ3n) is 1.22. The van der Waals surface area contributed by atoms with E-state index in [-0.39, 0.29) is 0 Å². The van der Waals surface area contributed by atoms with Crippen molar-refractivity contribution in [3.8, 4) is 11.8 Å². The maximum Gasteiger partial charge on any atom is 0.0488 e. The average molecular weight is 154 g/mol. The first-order valence-electron chi connectivity index (χ1n) is 4.24. The first kappa shape index (κ1) is 10.5. The summed E-state index contributed by atoms with van der Waals surface area (Å²) in [6.07, 6.45) is 2.03. The van der Waals surface area contributed by atoms with Crippen LogP contribution in [0.1, 0.15) is 33.6 Å². The van der Waals surface area contributed by atoms with Gasteiger partial charge in [-0.15, -0.1) is 11.8 Å². The Morgan fingerprint density at radius 2 is 2.09 bits per heavy atom. The minimum Gasteiger partial charge on any atom is -0.381 e. The summed E-state index contributed by atoms with van der Waals surface area (Å²) in [5.41, 5.74) is 0. The Kier molecular flexibility index (Phi) is 7.29. The molecule has 0 aromatic heterocycles. The van der Waals surface area contributed by atoms with Crippen molar-refractivity contribution in [3.63, 3.8) is 0 Å². The Labute approximate surface area is 70.1 Å². The Hall–Kier alpha value is -0.480. The summed E-state index contributed by atoms with van der Waals surface area (Å²) < 4.78 is 5.37. The third kappa shape index (κ3) is 9.52. The van der Waals surface area contributed by atoms with E-state index >= 15 is 0 Å². The number of unbranched alkanes of at least 4 members (excludes halogenated alkanes) is 1. The molecule has 0 aromatic rings. The number of ether oxygens (including phenoxy) is 1. The van der Waals surface area contributed by atoms with Crippen LogP contribution in [0.4, 0.5) is 0 Å². The highest BCUT2D eigenvalue weighted by molar-refractivity contribution is 4.94. The molecule has 0 bridgehead atoms. The lowest BCUT2D eigenvalue weighted by atomic mass is 10.2. The Morgan fingerprint density at radius 1 is 1.36 bits per heavy atom. The maximum absolute atomic E-state index is 5.37. The molecule has 0 aromatic carbocycles. The van der Waals surface area contributed by atoms with E-state index < -0.39 is 0 Å². The summed E-state index contributed by atoms with van der Waals surface area (Å²) in [5, 5.41) is 0. The molecule has 0 atom stereocenters. The molecule has 64 valence electrons. The normalized spacial score (nSPS) is 9.45. The van der Waals surface area contributed by atoms with Crippen LogP contribution in [0.3, 0.4) is 0 Å². The van der Waals surface area contributed by atoms with E-state index in [9.17, 15) is 0 Å². The molecule has 0 N–H and O–H groups in total. The summed E-state index contributed by atoms with van der Waals surface area (Å²) in [6.45, 7) is 7.92. The Morgan fingerprint density at radius 3 is 2.64 bits per heavy atom. The number of hydrogen-bond acceptors (Lipinski definition) is 1. The predicted molar refractivity (Wildman–Crippen MR) is 48.3 cm³/mol. The van der Waals surface area contributed by atoms with Gasteiger partial charge in [0.2, 0.25) is 0 Å². The van der Waals surface area contributed by atoms with Gasteiger partial charge in [-0.2, -0.15) is 0 Å². The third-order valence-corrected chi connectivity index (χ3v) is 1.22. The zero-order chi connectivity index (χ0) is 8.53. The first-order chi connectivity index (χ1) is 5.27. The smallest absolute Gasteiger partial charge is 0.0488 e. The maximum atomic E-state index is 5.37. The van der Waals surface area contributed by atoms with Crippen LogP contribution >= 0.6 is 0 Å². The monoisotopic (exact) mass is 154 g/mol. The minimum absolute atomic E-state index is 0.646. The van der Waals surface area contributed by atoms with Crippen molar-refractivity contribution in [1.29, 1.82) is 0 Å². The van der Waals surface area contributed by atoms with Gasteiger partial charge in [-0.05, 0) is 19.3 Å². The van der Waals surface area contributed by atoms with Crippen molar-refractivity contribution in [1.82, 2.24) is 0 Å². The molecule has 0 spiro atoms. The van der Waals surface area contributed by atoms with Crippen LogP contribution in [-0.2, 0) is 4.74 Å². The quantitative estimate of drug-likeness (QED) is 0.436. The van der Waals surface area contributed by atoms with Crippen molar-refractivity contribution >= 4 is 0 Å². The average Bonchev–Trinajstić information content (AvgIpc) is 1.96. The molecule has 1 heteroatoms. The van der Waals surface area contributed by atoms with Gasteiger partial charge in [0.25, 0.3) is 0 Å². The summed E-state index contributed by atoms with van der Waals surface area (Å²) >= 11 is 0. The van der Waals surface area contributed by atoms with Gasteiger partial charge in [0.05, 0.1) is 0 Å². The lowest BCUT2D eigenvalue weighted by Gasteiger charge is -2.04. The van der Waals surface area contributed by atoms with Gasteiger partial charge in [0.15, 0.2) is 0 Å². The molecule has 0 saturated heterocycles. The molecule has 0 aliphatic heterocycles. The predicted octanol–water partition coefficient (Wildman–Crippen LogP) is 2.46. The Bertz CT molecular complexity index is 128. The second kappa shape index (κ2) is 7.63. The van der Waals surface area contributed by atoms with Crippen molar-refractivity contribution < 1.29 is 4.74 Å². The zero-order valence-corrected chi connectivity index (χ0v) is 7.81. The summed E-state index contributed by atoms with van der Waals surface area (Å²) in [7, 11) is 0. The van der Waals surface area contributed by atoms with Crippen LogP contribution in [0.2, 0.25) is 0 Å². The fourth-order valence-electron chi connectivity index (χ4n) is 0.707. The molecule has 0 saturated carbocycles. The molecule has 0 fully saturated rings. The van der Waals surface area contributed by atoms with E-state index in [1.165, 1.54) is 0 Å². The second-order valence-electron chi connectivity index (χ2n) is 3.00. The standard InChI is InChI=1S/C10H18O/c1-4-5-6-7-8-11-9-10(2)3/h10H,6-9H2,1-3H3. The van der Waals surface area contributed by atoms with E-state index in [4.69, 9.17) is 4.74 Å². The summed E-state index contributed by atoms with van der Waals surface area (Å²) in [6, 6.07) is 0. The molecule has 11 heavy (non-hydrogen) atoms. The molecule has 0 heterocycles. The van der Waals surface area contributed by atoms with Gasteiger partial charge in [-0.25, -0.2) is 0 Å². The summed E-state index contributed by atoms with van der Waals surface area (Å²) in [4.78, 5) is 0. The lowest BCUT2D eigenvalue weighted by molar-refractivity contribution is 0.109. The van der Waals surface area contributed by atoms with Gasteiger partial charge in [-0.3, -0.25) is 0 Å². The molecule has 0 unspecified atom stereocenters. The van der Waals surface area contributed by atoms with E-state index in [0.717, 1.165) is 26.1 Å². The fourth-order valence-corrected chi connectivity index (χ4v) is 0.707. The molecule has 1 nitrogen and oxygen atoms in total. The van der Waals surface area contributed by atoms with Crippen LogP contribution in [0.5, 0.6) is 0 Å². The van der Waals surface area contributed by atoms with Gasteiger partial charge in [-0.1, -0.05) is 13.8 Å². The number of rotatable bonds is 5. The van der Waals surface area contributed by atoms with E-state index in [1.54, 1.807) is 0 Å².